The van der Waals surface area contributed by atoms with Crippen molar-refractivity contribution >= 4 is 10.9 Å². The van der Waals surface area contributed by atoms with Crippen molar-refractivity contribution in [3.05, 3.63) is 39.7 Å². The second-order valence-electron chi connectivity index (χ2n) is 6.08. The molecule has 0 bridgehead atoms. The number of aryl methyl sites for hydroxylation is 1. The fraction of sp³-hybridized carbons (Fsp3) is 0.526. The van der Waals surface area contributed by atoms with E-state index in [4.69, 9.17) is 4.74 Å². The maximum Gasteiger partial charge on any atom is 0.198 e. The van der Waals surface area contributed by atoms with Crippen LogP contribution in [0.15, 0.2) is 23.0 Å². The summed E-state index contributed by atoms with van der Waals surface area (Å²) in [6.45, 7) is 11.9. The highest BCUT2D eigenvalue weighted by molar-refractivity contribution is 5.81. The first-order chi connectivity index (χ1) is 11.1. The molecule has 0 fully saturated rings. The molecular weight excluding hydrogens is 288 g/mol. The highest BCUT2D eigenvalue weighted by Crippen LogP contribution is 2.18. The lowest BCUT2D eigenvalue weighted by Crippen LogP contribution is -3.10. The fourth-order valence-electron chi connectivity index (χ4n) is 2.97. The standard InChI is InChI=1S/C19H28N2O2/c1-5-8-11-21(6-2)13-17-14(4)20-18-10-9-15(23-7-3)12-16(18)19(17)22/h9-10,12H,5-8,11,13H2,1-4H3,(H,20,22)/p+1. The van der Waals surface area contributed by atoms with Crippen LogP contribution in [0.3, 0.4) is 0 Å². The second-order valence-corrected chi connectivity index (χ2v) is 6.08. The molecule has 1 aromatic carbocycles. The van der Waals surface area contributed by atoms with E-state index in [9.17, 15) is 4.79 Å². The number of hydrogen-bond donors (Lipinski definition) is 2. The smallest absolute Gasteiger partial charge is 0.198 e. The highest BCUT2D eigenvalue weighted by atomic mass is 16.5. The molecule has 126 valence electrons. The van der Waals surface area contributed by atoms with Gasteiger partial charge in [-0.2, -0.15) is 0 Å². The summed E-state index contributed by atoms with van der Waals surface area (Å²) in [5.41, 5.74) is 2.90. The van der Waals surface area contributed by atoms with Gasteiger partial charge >= 0.3 is 0 Å². The van der Waals surface area contributed by atoms with Crippen LogP contribution in [0, 0.1) is 6.92 Å². The zero-order valence-electron chi connectivity index (χ0n) is 14.8. The number of pyridine rings is 1. The summed E-state index contributed by atoms with van der Waals surface area (Å²) in [6.07, 6.45) is 2.39. The molecule has 4 nitrogen and oxygen atoms in total. The predicted molar refractivity (Wildman–Crippen MR) is 95.5 cm³/mol. The van der Waals surface area contributed by atoms with Gasteiger partial charge in [-0.05, 0) is 45.4 Å². The summed E-state index contributed by atoms with van der Waals surface area (Å²) < 4.78 is 5.54. The van der Waals surface area contributed by atoms with Crippen LogP contribution < -0.4 is 15.1 Å². The van der Waals surface area contributed by atoms with Gasteiger partial charge in [0.1, 0.15) is 12.3 Å². The van der Waals surface area contributed by atoms with Crippen molar-refractivity contribution in [1.82, 2.24) is 4.98 Å². The number of rotatable bonds is 8. The lowest BCUT2D eigenvalue weighted by molar-refractivity contribution is -0.912. The minimum Gasteiger partial charge on any atom is -0.494 e. The van der Waals surface area contributed by atoms with Crippen LogP contribution >= 0.6 is 0 Å². The molecule has 0 amide bonds. The zero-order chi connectivity index (χ0) is 16.8. The van der Waals surface area contributed by atoms with Gasteiger partial charge in [0.05, 0.1) is 25.3 Å². The molecule has 2 rings (SSSR count). The number of benzene rings is 1. The Bertz CT molecular complexity index is 706. The second kappa shape index (κ2) is 8.16. The average molecular weight is 317 g/mol. The van der Waals surface area contributed by atoms with E-state index in [0.717, 1.165) is 47.5 Å². The number of aromatic nitrogens is 1. The third-order valence-corrected chi connectivity index (χ3v) is 4.41. The van der Waals surface area contributed by atoms with E-state index in [2.05, 4.69) is 18.8 Å². The number of unbranched alkanes of at least 4 members (excludes halogenated alkanes) is 1. The summed E-state index contributed by atoms with van der Waals surface area (Å²) >= 11 is 0. The summed E-state index contributed by atoms with van der Waals surface area (Å²) in [7, 11) is 0. The number of ether oxygens (including phenoxy) is 1. The van der Waals surface area contributed by atoms with Gasteiger partial charge in [0, 0.05) is 16.6 Å². The van der Waals surface area contributed by atoms with Crippen molar-refractivity contribution in [1.29, 1.82) is 0 Å². The third-order valence-electron chi connectivity index (χ3n) is 4.41. The minimum absolute atomic E-state index is 0.139. The third kappa shape index (κ3) is 4.14. The summed E-state index contributed by atoms with van der Waals surface area (Å²) in [5.74, 6) is 0.756. The van der Waals surface area contributed by atoms with E-state index < -0.39 is 0 Å². The van der Waals surface area contributed by atoms with Crippen LogP contribution in [-0.4, -0.2) is 24.7 Å². The molecule has 2 N–H and O–H groups in total. The Hall–Kier alpha value is -1.81. The van der Waals surface area contributed by atoms with Crippen molar-refractivity contribution < 1.29 is 9.64 Å². The van der Waals surface area contributed by atoms with Crippen molar-refractivity contribution in [2.45, 2.75) is 47.1 Å². The molecule has 1 unspecified atom stereocenters. The van der Waals surface area contributed by atoms with Gasteiger partial charge in [-0.15, -0.1) is 0 Å². The fourth-order valence-corrected chi connectivity index (χ4v) is 2.97. The molecule has 0 saturated carbocycles. The Morgan fingerprint density at radius 3 is 2.65 bits per heavy atom. The van der Waals surface area contributed by atoms with Crippen molar-refractivity contribution in [2.24, 2.45) is 0 Å². The normalized spacial score (nSPS) is 12.5. The molecule has 1 aromatic heterocycles. The molecular formula is C19H29N2O2+. The van der Waals surface area contributed by atoms with Gasteiger partial charge < -0.3 is 14.6 Å². The Kier molecular flexibility index (Phi) is 6.22. The maximum absolute atomic E-state index is 12.9. The van der Waals surface area contributed by atoms with Gasteiger partial charge in [0.15, 0.2) is 5.43 Å². The lowest BCUT2D eigenvalue weighted by atomic mass is 10.1. The van der Waals surface area contributed by atoms with E-state index in [1.807, 2.05) is 32.0 Å². The molecule has 23 heavy (non-hydrogen) atoms. The van der Waals surface area contributed by atoms with Crippen LogP contribution in [0.2, 0.25) is 0 Å². The molecule has 4 heteroatoms. The van der Waals surface area contributed by atoms with Gasteiger partial charge in [-0.1, -0.05) is 13.3 Å². The van der Waals surface area contributed by atoms with Crippen LogP contribution in [0.25, 0.3) is 10.9 Å². The molecule has 1 heterocycles. The number of nitrogens with one attached hydrogen (secondary N) is 2. The molecule has 0 radical (unpaired) electrons. The Balaban J connectivity index is 2.40. The molecule has 0 saturated heterocycles. The first-order valence-corrected chi connectivity index (χ1v) is 8.72. The zero-order valence-corrected chi connectivity index (χ0v) is 14.8. The number of fused-ring (bicyclic) bond motifs is 1. The maximum atomic E-state index is 12.9. The van der Waals surface area contributed by atoms with E-state index in [1.165, 1.54) is 17.7 Å². The topological polar surface area (TPSA) is 46.5 Å². The number of quaternary nitrogens is 1. The number of hydrogen-bond acceptors (Lipinski definition) is 2. The van der Waals surface area contributed by atoms with Crippen molar-refractivity contribution in [3.8, 4) is 5.75 Å². The number of H-pyrrole nitrogens is 1. The summed E-state index contributed by atoms with van der Waals surface area (Å²) in [6, 6.07) is 5.70. The van der Waals surface area contributed by atoms with Gasteiger partial charge in [-0.3, -0.25) is 4.79 Å². The van der Waals surface area contributed by atoms with Gasteiger partial charge in [0.25, 0.3) is 0 Å². The largest absolute Gasteiger partial charge is 0.494 e. The molecule has 0 aliphatic rings. The average Bonchev–Trinajstić information content (AvgIpc) is 2.55. The summed E-state index contributed by atoms with van der Waals surface area (Å²) in [4.78, 5) is 17.8. The molecule has 0 aliphatic heterocycles. The monoisotopic (exact) mass is 317 g/mol. The van der Waals surface area contributed by atoms with Crippen molar-refractivity contribution in [2.75, 3.05) is 19.7 Å². The first kappa shape index (κ1) is 17.5. The Labute approximate surface area is 138 Å². The van der Waals surface area contributed by atoms with Crippen LogP contribution in [0.4, 0.5) is 0 Å². The van der Waals surface area contributed by atoms with Gasteiger partial charge in [0.2, 0.25) is 0 Å². The SMILES string of the molecule is CCCC[NH+](CC)Cc1c(C)[nH]c2ccc(OCC)cc2c1=O. The highest BCUT2D eigenvalue weighted by Gasteiger charge is 2.15. The molecule has 0 aliphatic carbocycles. The molecule has 2 aromatic rings. The molecule has 1 atom stereocenters. The van der Waals surface area contributed by atoms with Gasteiger partial charge in [-0.25, -0.2) is 0 Å². The van der Waals surface area contributed by atoms with E-state index >= 15 is 0 Å². The quantitative estimate of drug-likeness (QED) is 0.785. The van der Waals surface area contributed by atoms with E-state index in [0.29, 0.717) is 6.61 Å². The van der Waals surface area contributed by atoms with Crippen LogP contribution in [-0.2, 0) is 6.54 Å². The molecule has 0 spiro atoms. The first-order valence-electron chi connectivity index (χ1n) is 8.72. The predicted octanol–water partition coefficient (Wildman–Crippen LogP) is 2.44. The Morgan fingerprint density at radius 2 is 2.00 bits per heavy atom. The van der Waals surface area contributed by atoms with Crippen LogP contribution in [0.1, 0.15) is 44.9 Å². The number of aromatic amines is 1. The summed E-state index contributed by atoms with van der Waals surface area (Å²) in [5, 5.41) is 0.725. The van der Waals surface area contributed by atoms with E-state index in [-0.39, 0.29) is 5.43 Å². The Morgan fingerprint density at radius 1 is 1.22 bits per heavy atom. The van der Waals surface area contributed by atoms with Crippen LogP contribution in [0.5, 0.6) is 5.75 Å². The lowest BCUT2D eigenvalue weighted by Gasteiger charge is -2.18. The van der Waals surface area contributed by atoms with E-state index in [1.54, 1.807) is 0 Å². The van der Waals surface area contributed by atoms with Crippen molar-refractivity contribution in [3.63, 3.8) is 0 Å². The minimum atomic E-state index is 0.139.